The molecule has 114 valence electrons. The summed E-state index contributed by atoms with van der Waals surface area (Å²) >= 11 is 0. The van der Waals surface area contributed by atoms with Gasteiger partial charge in [-0.25, -0.2) is 0 Å². The van der Waals surface area contributed by atoms with E-state index >= 15 is 0 Å². The highest BCUT2D eigenvalue weighted by Crippen LogP contribution is 2.53. The van der Waals surface area contributed by atoms with Crippen molar-refractivity contribution in [2.45, 2.75) is 82.6 Å². The fourth-order valence-corrected chi connectivity index (χ4v) is 5.13. The summed E-state index contributed by atoms with van der Waals surface area (Å²) in [6.07, 6.45) is 14.6. The van der Waals surface area contributed by atoms with Crippen molar-refractivity contribution in [1.82, 2.24) is 4.90 Å². The average molecular weight is 279 g/mol. The SMILES string of the molecule is O=C(O)CC1(N2CCCCC2)CCC2(CCCC2)CC1. The van der Waals surface area contributed by atoms with Crippen LogP contribution in [-0.2, 0) is 4.79 Å². The fourth-order valence-electron chi connectivity index (χ4n) is 5.13. The number of piperidine rings is 1. The highest BCUT2D eigenvalue weighted by atomic mass is 16.4. The first-order valence-corrected chi connectivity index (χ1v) is 8.61. The van der Waals surface area contributed by atoms with Crippen LogP contribution in [-0.4, -0.2) is 34.6 Å². The highest BCUT2D eigenvalue weighted by molar-refractivity contribution is 5.68. The second-order valence-electron chi connectivity index (χ2n) is 7.55. The number of hydrogen-bond donors (Lipinski definition) is 1. The van der Waals surface area contributed by atoms with Gasteiger partial charge in [-0.1, -0.05) is 19.3 Å². The average Bonchev–Trinajstić information content (AvgIpc) is 2.91. The Morgan fingerprint density at radius 2 is 1.45 bits per heavy atom. The van der Waals surface area contributed by atoms with Crippen LogP contribution in [0.3, 0.4) is 0 Å². The Balaban J connectivity index is 1.72. The van der Waals surface area contributed by atoms with Gasteiger partial charge in [-0.2, -0.15) is 0 Å². The quantitative estimate of drug-likeness (QED) is 0.853. The molecule has 0 aromatic rings. The molecule has 0 radical (unpaired) electrons. The van der Waals surface area contributed by atoms with Crippen LogP contribution in [0.25, 0.3) is 0 Å². The third-order valence-electron chi connectivity index (χ3n) is 6.41. The molecule has 0 amide bonds. The Morgan fingerprint density at radius 1 is 0.850 bits per heavy atom. The molecule has 3 nitrogen and oxygen atoms in total. The highest BCUT2D eigenvalue weighted by Gasteiger charge is 2.47. The summed E-state index contributed by atoms with van der Waals surface area (Å²) < 4.78 is 0. The zero-order valence-electron chi connectivity index (χ0n) is 12.7. The second kappa shape index (κ2) is 5.67. The van der Waals surface area contributed by atoms with Crippen molar-refractivity contribution in [3.05, 3.63) is 0 Å². The van der Waals surface area contributed by atoms with Crippen LogP contribution in [0.1, 0.15) is 77.0 Å². The van der Waals surface area contributed by atoms with Crippen molar-refractivity contribution in [2.24, 2.45) is 5.41 Å². The van der Waals surface area contributed by atoms with E-state index in [4.69, 9.17) is 0 Å². The van der Waals surface area contributed by atoms with Gasteiger partial charge in [-0.15, -0.1) is 0 Å². The number of rotatable bonds is 3. The van der Waals surface area contributed by atoms with Gasteiger partial charge >= 0.3 is 5.97 Å². The van der Waals surface area contributed by atoms with Gasteiger partial charge in [0.25, 0.3) is 0 Å². The van der Waals surface area contributed by atoms with Gasteiger partial charge < -0.3 is 5.11 Å². The van der Waals surface area contributed by atoms with Crippen LogP contribution in [0.2, 0.25) is 0 Å². The molecule has 2 saturated carbocycles. The fraction of sp³-hybridized carbons (Fsp3) is 0.941. The predicted molar refractivity (Wildman–Crippen MR) is 79.8 cm³/mol. The summed E-state index contributed by atoms with van der Waals surface area (Å²) in [5.41, 5.74) is 0.581. The number of carboxylic acid groups (broad SMARTS) is 1. The van der Waals surface area contributed by atoms with E-state index < -0.39 is 5.97 Å². The Labute approximate surface area is 122 Å². The van der Waals surface area contributed by atoms with E-state index in [9.17, 15) is 9.90 Å². The molecule has 0 unspecified atom stereocenters. The van der Waals surface area contributed by atoms with Crippen LogP contribution in [0.4, 0.5) is 0 Å². The molecule has 3 fully saturated rings. The van der Waals surface area contributed by atoms with Crippen LogP contribution in [0.5, 0.6) is 0 Å². The summed E-state index contributed by atoms with van der Waals surface area (Å²) in [5.74, 6) is -0.599. The molecule has 1 spiro atoms. The standard InChI is InChI=1S/C17H29NO2/c19-15(20)14-17(18-12-4-1-5-13-18)10-8-16(9-11-17)6-2-3-7-16/h1-14H2,(H,19,20). The molecule has 3 aliphatic rings. The van der Waals surface area contributed by atoms with Gasteiger partial charge in [0.15, 0.2) is 0 Å². The zero-order valence-corrected chi connectivity index (χ0v) is 12.7. The molecule has 0 aromatic heterocycles. The summed E-state index contributed by atoms with van der Waals surface area (Å²) in [4.78, 5) is 13.9. The largest absolute Gasteiger partial charge is 0.481 e. The van der Waals surface area contributed by atoms with Crippen molar-refractivity contribution >= 4 is 5.97 Å². The lowest BCUT2D eigenvalue weighted by molar-refractivity contribution is -0.142. The minimum Gasteiger partial charge on any atom is -0.481 e. The molecule has 0 aromatic carbocycles. The Kier molecular flexibility index (Phi) is 4.07. The molecule has 1 N–H and O–H groups in total. The van der Waals surface area contributed by atoms with Gasteiger partial charge in [0, 0.05) is 5.54 Å². The first-order chi connectivity index (χ1) is 9.64. The lowest BCUT2D eigenvalue weighted by atomic mass is 9.64. The van der Waals surface area contributed by atoms with E-state index in [1.165, 1.54) is 57.8 Å². The Bertz CT molecular complexity index is 344. The van der Waals surface area contributed by atoms with E-state index in [-0.39, 0.29) is 5.54 Å². The maximum Gasteiger partial charge on any atom is 0.305 e. The second-order valence-corrected chi connectivity index (χ2v) is 7.55. The lowest BCUT2D eigenvalue weighted by Crippen LogP contribution is -2.55. The number of hydrogen-bond acceptors (Lipinski definition) is 2. The summed E-state index contributed by atoms with van der Waals surface area (Å²) in [7, 11) is 0. The minimum atomic E-state index is -0.599. The molecule has 0 atom stereocenters. The van der Waals surface area contributed by atoms with Gasteiger partial charge in [-0.3, -0.25) is 9.69 Å². The predicted octanol–water partition coefficient (Wildman–Crippen LogP) is 3.82. The van der Waals surface area contributed by atoms with Crippen molar-refractivity contribution in [2.75, 3.05) is 13.1 Å². The number of aliphatic carboxylic acids is 1. The Morgan fingerprint density at radius 3 is 2.00 bits per heavy atom. The molecule has 3 rings (SSSR count). The van der Waals surface area contributed by atoms with E-state index in [0.29, 0.717) is 11.8 Å². The monoisotopic (exact) mass is 279 g/mol. The van der Waals surface area contributed by atoms with Crippen LogP contribution in [0.15, 0.2) is 0 Å². The maximum absolute atomic E-state index is 11.4. The van der Waals surface area contributed by atoms with E-state index in [1.54, 1.807) is 0 Å². The van der Waals surface area contributed by atoms with Crippen LogP contribution >= 0.6 is 0 Å². The molecule has 1 heterocycles. The first kappa shape index (κ1) is 14.4. The van der Waals surface area contributed by atoms with Crippen molar-refractivity contribution in [3.8, 4) is 0 Å². The van der Waals surface area contributed by atoms with Gasteiger partial charge in [-0.05, 0) is 69.9 Å². The molecular weight excluding hydrogens is 250 g/mol. The van der Waals surface area contributed by atoms with Crippen molar-refractivity contribution in [1.29, 1.82) is 0 Å². The molecule has 1 aliphatic heterocycles. The van der Waals surface area contributed by atoms with Crippen LogP contribution < -0.4 is 0 Å². The zero-order chi connectivity index (χ0) is 14.1. The molecule has 2 aliphatic carbocycles. The third kappa shape index (κ3) is 2.74. The molecular formula is C17H29NO2. The third-order valence-corrected chi connectivity index (χ3v) is 6.41. The smallest absolute Gasteiger partial charge is 0.305 e. The number of likely N-dealkylation sites (tertiary alicyclic amines) is 1. The van der Waals surface area contributed by atoms with Crippen LogP contribution in [0, 0.1) is 5.41 Å². The van der Waals surface area contributed by atoms with Crippen molar-refractivity contribution < 1.29 is 9.90 Å². The van der Waals surface area contributed by atoms with E-state index in [2.05, 4.69) is 4.90 Å². The van der Waals surface area contributed by atoms with E-state index in [0.717, 1.165) is 25.9 Å². The summed E-state index contributed by atoms with van der Waals surface area (Å²) in [6, 6.07) is 0. The van der Waals surface area contributed by atoms with Gasteiger partial charge in [0.05, 0.1) is 6.42 Å². The lowest BCUT2D eigenvalue weighted by Gasteiger charge is -2.51. The molecule has 3 heteroatoms. The molecule has 20 heavy (non-hydrogen) atoms. The number of nitrogens with zero attached hydrogens (tertiary/aromatic N) is 1. The first-order valence-electron chi connectivity index (χ1n) is 8.61. The molecule has 0 bridgehead atoms. The topological polar surface area (TPSA) is 40.5 Å². The minimum absolute atomic E-state index is 0.0138. The van der Waals surface area contributed by atoms with Gasteiger partial charge in [0.1, 0.15) is 0 Å². The normalized spacial score (nSPS) is 29.6. The number of carbonyl (C=O) groups is 1. The molecule has 1 saturated heterocycles. The maximum atomic E-state index is 11.4. The van der Waals surface area contributed by atoms with Gasteiger partial charge in [0.2, 0.25) is 0 Å². The number of carboxylic acids is 1. The van der Waals surface area contributed by atoms with E-state index in [1.807, 2.05) is 0 Å². The van der Waals surface area contributed by atoms with Crippen molar-refractivity contribution in [3.63, 3.8) is 0 Å². The Hall–Kier alpha value is -0.570. The summed E-state index contributed by atoms with van der Waals surface area (Å²) in [5, 5.41) is 9.39. The summed E-state index contributed by atoms with van der Waals surface area (Å²) in [6.45, 7) is 2.25.